The van der Waals surface area contributed by atoms with Crippen LogP contribution in [-0.4, -0.2) is 45.4 Å². The van der Waals surface area contributed by atoms with E-state index < -0.39 is 16.1 Å². The number of aryl methyl sites for hydroxylation is 1. The lowest BCUT2D eigenvalue weighted by atomic mass is 10.0. The van der Waals surface area contributed by atoms with Crippen molar-refractivity contribution in [3.63, 3.8) is 0 Å². The molecule has 5 rings (SSSR count). The first kappa shape index (κ1) is 25.8. The molecule has 0 bridgehead atoms. The monoisotopic (exact) mass is 535 g/mol. The van der Waals surface area contributed by atoms with Gasteiger partial charge in [-0.15, -0.1) is 0 Å². The van der Waals surface area contributed by atoms with E-state index in [4.69, 9.17) is 18.4 Å². The molecule has 0 amide bonds. The Morgan fingerprint density at radius 1 is 1.05 bits per heavy atom. The molecule has 9 heteroatoms. The predicted octanol–water partition coefficient (Wildman–Crippen LogP) is 5.36. The number of nitrogens with zero attached hydrogens (tertiary/aromatic N) is 1. The highest BCUT2D eigenvalue weighted by atomic mass is 32.2. The fourth-order valence-corrected chi connectivity index (χ4v) is 5.67. The van der Waals surface area contributed by atoms with Crippen LogP contribution in [0.15, 0.2) is 71.6 Å². The van der Waals surface area contributed by atoms with Crippen molar-refractivity contribution in [2.45, 2.75) is 37.8 Å². The Bertz CT molecular complexity index is 1570. The van der Waals surface area contributed by atoms with Crippen molar-refractivity contribution >= 4 is 27.0 Å². The maximum atomic E-state index is 13.2. The highest BCUT2D eigenvalue weighted by Gasteiger charge is 2.31. The van der Waals surface area contributed by atoms with Crippen molar-refractivity contribution in [3.05, 3.63) is 77.9 Å². The summed E-state index contributed by atoms with van der Waals surface area (Å²) in [5, 5.41) is 0.739. The van der Waals surface area contributed by atoms with E-state index in [2.05, 4.69) is 4.57 Å². The van der Waals surface area contributed by atoms with E-state index in [1.165, 1.54) is 12.1 Å². The summed E-state index contributed by atoms with van der Waals surface area (Å²) < 4.78 is 49.7. The molecule has 0 saturated carbocycles. The molecule has 4 aromatic rings. The minimum Gasteiger partial charge on any atom is -0.497 e. The molecule has 0 aliphatic carbocycles. The molecule has 1 aliphatic rings. The van der Waals surface area contributed by atoms with Crippen molar-refractivity contribution in [1.29, 1.82) is 0 Å². The number of ether oxygens (including phenoxy) is 3. The number of rotatable bonds is 9. The number of hydrogen-bond donors (Lipinski definition) is 0. The average molecular weight is 536 g/mol. The largest absolute Gasteiger partial charge is 0.497 e. The second-order valence-electron chi connectivity index (χ2n) is 9.05. The van der Waals surface area contributed by atoms with E-state index in [0.29, 0.717) is 30.0 Å². The summed E-state index contributed by atoms with van der Waals surface area (Å²) in [5.74, 6) is 0.908. The van der Waals surface area contributed by atoms with E-state index >= 15 is 0 Å². The van der Waals surface area contributed by atoms with Crippen LogP contribution < -0.4 is 9.47 Å². The molecule has 0 fully saturated rings. The van der Waals surface area contributed by atoms with Crippen LogP contribution in [0, 0.1) is 6.92 Å². The van der Waals surface area contributed by atoms with E-state index in [9.17, 15) is 13.2 Å². The summed E-state index contributed by atoms with van der Waals surface area (Å²) in [6.45, 7) is 4.27. The fourth-order valence-electron chi connectivity index (χ4n) is 4.75. The van der Waals surface area contributed by atoms with Crippen molar-refractivity contribution in [2.24, 2.45) is 0 Å². The van der Waals surface area contributed by atoms with Gasteiger partial charge in [-0.2, -0.15) is 8.42 Å². The lowest BCUT2D eigenvalue weighted by Gasteiger charge is -2.27. The fraction of sp³-hybridized carbons (Fsp3) is 0.276. The highest BCUT2D eigenvalue weighted by Crippen LogP contribution is 2.42. The Morgan fingerprint density at radius 2 is 1.79 bits per heavy atom. The summed E-state index contributed by atoms with van der Waals surface area (Å²) >= 11 is 0. The van der Waals surface area contributed by atoms with Gasteiger partial charge in [-0.3, -0.25) is 4.18 Å². The lowest BCUT2D eigenvalue weighted by Crippen LogP contribution is -2.29. The standard InChI is InChI=1S/C29H29NO7S/c1-4-35-29(31)26-24-6-5-7-25-28(24)30(27(26)20-10-12-21(34-3)13-11-20)18-22(37-25)16-17-36-38(32,33)23-14-8-19(2)9-15-23/h5-15,22H,4,16-18H2,1-3H3. The molecule has 38 heavy (non-hydrogen) atoms. The molecule has 8 nitrogen and oxygen atoms in total. The Balaban J connectivity index is 1.47. The van der Waals surface area contributed by atoms with Gasteiger partial charge in [0.25, 0.3) is 10.1 Å². The molecule has 1 aliphatic heterocycles. The summed E-state index contributed by atoms with van der Waals surface area (Å²) in [6, 6.07) is 19.6. The summed E-state index contributed by atoms with van der Waals surface area (Å²) in [7, 11) is -2.28. The van der Waals surface area contributed by atoms with Crippen LogP contribution in [0.2, 0.25) is 0 Å². The van der Waals surface area contributed by atoms with Gasteiger partial charge in [0, 0.05) is 11.8 Å². The summed E-state index contributed by atoms with van der Waals surface area (Å²) in [6.07, 6.45) is -0.0450. The van der Waals surface area contributed by atoms with E-state index in [1.807, 2.05) is 49.4 Å². The van der Waals surface area contributed by atoms with Gasteiger partial charge in [0.05, 0.1) is 48.5 Å². The quantitative estimate of drug-likeness (QED) is 0.210. The molecule has 0 N–H and O–H groups in total. The molecule has 1 aromatic heterocycles. The van der Waals surface area contributed by atoms with Gasteiger partial charge < -0.3 is 18.8 Å². The molecule has 2 heterocycles. The number of aromatic nitrogens is 1. The highest BCUT2D eigenvalue weighted by molar-refractivity contribution is 7.86. The van der Waals surface area contributed by atoms with Crippen LogP contribution in [0.1, 0.15) is 29.3 Å². The number of carbonyl (C=O) groups is 1. The number of methoxy groups -OCH3 is 1. The van der Waals surface area contributed by atoms with Gasteiger partial charge >= 0.3 is 5.97 Å². The SMILES string of the molecule is CCOC(=O)c1c(-c2ccc(OC)cc2)n2c3c(cccc13)OC(CCOS(=O)(=O)c1ccc(C)cc1)C2. The van der Waals surface area contributed by atoms with Crippen LogP contribution in [0.3, 0.4) is 0 Å². The number of para-hydroxylation sites is 1. The molecule has 0 radical (unpaired) electrons. The summed E-state index contributed by atoms with van der Waals surface area (Å²) in [4.78, 5) is 13.3. The third-order valence-corrected chi connectivity index (χ3v) is 7.88. The van der Waals surface area contributed by atoms with Gasteiger partial charge in [0.1, 0.15) is 17.6 Å². The zero-order valence-electron chi connectivity index (χ0n) is 21.5. The number of hydrogen-bond acceptors (Lipinski definition) is 7. The third kappa shape index (κ3) is 4.87. The molecule has 3 aromatic carbocycles. The minimum absolute atomic E-state index is 0.0456. The van der Waals surface area contributed by atoms with Crippen LogP contribution in [0.5, 0.6) is 11.5 Å². The number of benzene rings is 3. The molecular formula is C29H29NO7S. The van der Waals surface area contributed by atoms with Gasteiger partial charge in [-0.05, 0) is 61.9 Å². The first-order valence-corrected chi connectivity index (χ1v) is 13.8. The zero-order chi connectivity index (χ0) is 26.9. The average Bonchev–Trinajstić information content (AvgIpc) is 3.24. The van der Waals surface area contributed by atoms with E-state index in [-0.39, 0.29) is 24.2 Å². The molecule has 1 unspecified atom stereocenters. The molecule has 198 valence electrons. The van der Waals surface area contributed by atoms with E-state index in [0.717, 1.165) is 27.7 Å². The zero-order valence-corrected chi connectivity index (χ0v) is 22.3. The lowest BCUT2D eigenvalue weighted by molar-refractivity contribution is 0.0529. The van der Waals surface area contributed by atoms with Crippen molar-refractivity contribution in [2.75, 3.05) is 20.3 Å². The van der Waals surface area contributed by atoms with Crippen molar-refractivity contribution in [3.8, 4) is 22.8 Å². The van der Waals surface area contributed by atoms with Crippen molar-refractivity contribution in [1.82, 2.24) is 4.57 Å². The molecule has 0 saturated heterocycles. The Kier molecular flexibility index (Phi) is 7.14. The topological polar surface area (TPSA) is 93.1 Å². The van der Waals surface area contributed by atoms with Crippen LogP contribution in [-0.2, 0) is 25.6 Å². The first-order valence-electron chi connectivity index (χ1n) is 12.4. The van der Waals surface area contributed by atoms with Crippen molar-refractivity contribution < 1.29 is 31.6 Å². The van der Waals surface area contributed by atoms with Crippen LogP contribution >= 0.6 is 0 Å². The van der Waals surface area contributed by atoms with Crippen LogP contribution in [0.4, 0.5) is 0 Å². The number of carbonyl (C=O) groups excluding carboxylic acids is 1. The Labute approximate surface area is 221 Å². The third-order valence-electron chi connectivity index (χ3n) is 6.56. The molecule has 1 atom stereocenters. The number of esters is 1. The van der Waals surface area contributed by atoms with Gasteiger partial charge in [-0.1, -0.05) is 29.8 Å². The maximum absolute atomic E-state index is 13.2. The smallest absolute Gasteiger partial charge is 0.340 e. The minimum atomic E-state index is -3.89. The van der Waals surface area contributed by atoms with Gasteiger partial charge in [-0.25, -0.2) is 4.79 Å². The summed E-state index contributed by atoms with van der Waals surface area (Å²) in [5.41, 5.74) is 3.78. The Hall–Kier alpha value is -3.82. The normalized spacial score (nSPS) is 14.8. The van der Waals surface area contributed by atoms with Crippen LogP contribution in [0.25, 0.3) is 22.2 Å². The van der Waals surface area contributed by atoms with Gasteiger partial charge in [0.2, 0.25) is 0 Å². The Morgan fingerprint density at radius 3 is 2.47 bits per heavy atom. The predicted molar refractivity (Wildman–Crippen MR) is 143 cm³/mol. The molecular weight excluding hydrogens is 506 g/mol. The van der Waals surface area contributed by atoms with Gasteiger partial charge in [0.15, 0.2) is 0 Å². The second-order valence-corrected chi connectivity index (χ2v) is 10.7. The van der Waals surface area contributed by atoms with E-state index in [1.54, 1.807) is 26.2 Å². The second kappa shape index (κ2) is 10.5. The maximum Gasteiger partial charge on any atom is 0.340 e. The first-order chi connectivity index (χ1) is 18.3. The molecule has 0 spiro atoms.